The smallest absolute Gasteiger partial charge is 0.323 e. The van der Waals surface area contributed by atoms with Crippen LogP contribution in [0.3, 0.4) is 0 Å². The number of aliphatic carboxylic acids is 1. The maximum absolute atomic E-state index is 11.3. The molecule has 106 valence electrons. The van der Waals surface area contributed by atoms with Gasteiger partial charge >= 0.3 is 5.97 Å². The first-order valence-corrected chi connectivity index (χ1v) is 6.49. The summed E-state index contributed by atoms with van der Waals surface area (Å²) in [5, 5.41) is 20.2. The Morgan fingerprint density at radius 2 is 2.37 bits per heavy atom. The highest BCUT2D eigenvalue weighted by molar-refractivity contribution is 5.78. The fourth-order valence-corrected chi connectivity index (χ4v) is 2.48. The van der Waals surface area contributed by atoms with E-state index in [1.165, 1.54) is 0 Å². The van der Waals surface area contributed by atoms with Crippen molar-refractivity contribution in [2.24, 2.45) is 0 Å². The molecule has 0 saturated heterocycles. The molecule has 0 aliphatic carbocycles. The van der Waals surface area contributed by atoms with E-state index >= 15 is 0 Å². The normalized spacial score (nSPS) is 20.6. The summed E-state index contributed by atoms with van der Waals surface area (Å²) < 4.78 is 2.04. The number of carboxylic acids is 1. The molecule has 7 heteroatoms. The fourth-order valence-electron chi connectivity index (χ4n) is 2.48. The summed E-state index contributed by atoms with van der Waals surface area (Å²) >= 11 is 0. The molecule has 2 rings (SSSR count). The van der Waals surface area contributed by atoms with Crippen molar-refractivity contribution in [3.05, 3.63) is 12.2 Å². The highest BCUT2D eigenvalue weighted by Gasteiger charge is 2.35. The third kappa shape index (κ3) is 2.76. The number of hydrogen-bond donors (Lipinski definition) is 2. The first kappa shape index (κ1) is 14.0. The molecule has 0 fully saturated rings. The lowest BCUT2D eigenvalue weighted by Crippen LogP contribution is -2.52. The molecule has 0 amide bonds. The Bertz CT molecular complexity index is 461. The van der Waals surface area contributed by atoms with Gasteiger partial charge in [0.25, 0.3) is 0 Å². The topological polar surface area (TPSA) is 83.3 Å². The van der Waals surface area contributed by atoms with Gasteiger partial charge in [0.15, 0.2) is 0 Å². The van der Waals surface area contributed by atoms with Crippen LogP contribution in [-0.4, -0.2) is 55.9 Å². The zero-order valence-corrected chi connectivity index (χ0v) is 11.6. The van der Waals surface area contributed by atoms with E-state index in [0.717, 1.165) is 25.5 Å². The zero-order valence-electron chi connectivity index (χ0n) is 11.6. The molecule has 2 heterocycles. The first-order valence-electron chi connectivity index (χ1n) is 6.49. The van der Waals surface area contributed by atoms with Crippen molar-refractivity contribution < 1.29 is 9.90 Å². The highest BCUT2D eigenvalue weighted by atomic mass is 16.4. The third-order valence-electron chi connectivity index (χ3n) is 4.02. The zero-order chi connectivity index (χ0) is 14.0. The Hall–Kier alpha value is -1.47. The Balaban J connectivity index is 2.02. The molecule has 7 nitrogen and oxygen atoms in total. The van der Waals surface area contributed by atoms with Crippen molar-refractivity contribution in [1.82, 2.24) is 25.0 Å². The molecule has 2 N–H and O–H groups in total. The quantitative estimate of drug-likeness (QED) is 0.777. The van der Waals surface area contributed by atoms with Gasteiger partial charge in [0, 0.05) is 19.1 Å². The van der Waals surface area contributed by atoms with Gasteiger partial charge in [-0.25, -0.2) is 0 Å². The van der Waals surface area contributed by atoms with Gasteiger partial charge in [-0.05, 0) is 27.3 Å². The molecule has 19 heavy (non-hydrogen) atoms. The summed E-state index contributed by atoms with van der Waals surface area (Å²) in [5.74, 6) is 0.126. The second-order valence-electron chi connectivity index (χ2n) is 5.35. The van der Waals surface area contributed by atoms with E-state index in [4.69, 9.17) is 0 Å². The first-order chi connectivity index (χ1) is 8.96. The Labute approximate surface area is 112 Å². The Morgan fingerprint density at radius 3 is 3.00 bits per heavy atom. The summed E-state index contributed by atoms with van der Waals surface area (Å²) in [4.78, 5) is 13.6. The third-order valence-corrected chi connectivity index (χ3v) is 4.02. The lowest BCUT2D eigenvalue weighted by molar-refractivity contribution is -0.144. The van der Waals surface area contributed by atoms with Crippen LogP contribution in [-0.2, 0) is 17.9 Å². The van der Waals surface area contributed by atoms with Crippen molar-refractivity contribution in [2.75, 3.05) is 13.6 Å². The van der Waals surface area contributed by atoms with E-state index in [1.54, 1.807) is 20.3 Å². The summed E-state index contributed by atoms with van der Waals surface area (Å²) in [6.07, 6.45) is 2.29. The molecule has 2 unspecified atom stereocenters. The average molecular weight is 267 g/mol. The number of rotatable bonds is 5. The number of carbonyl (C=O) groups is 1. The van der Waals surface area contributed by atoms with E-state index < -0.39 is 11.5 Å². The average Bonchev–Trinajstić information content (AvgIpc) is 2.85. The molecule has 1 aliphatic heterocycles. The van der Waals surface area contributed by atoms with Gasteiger partial charge in [0.2, 0.25) is 0 Å². The Morgan fingerprint density at radius 1 is 1.63 bits per heavy atom. The second kappa shape index (κ2) is 5.26. The van der Waals surface area contributed by atoms with Gasteiger partial charge in [-0.1, -0.05) is 0 Å². The molecule has 1 aliphatic rings. The number of fused-ring (bicyclic) bond motifs is 1. The van der Waals surface area contributed by atoms with Crippen LogP contribution in [0.2, 0.25) is 0 Å². The predicted molar refractivity (Wildman–Crippen MR) is 69.6 cm³/mol. The van der Waals surface area contributed by atoms with Crippen molar-refractivity contribution in [2.45, 2.75) is 44.9 Å². The van der Waals surface area contributed by atoms with Gasteiger partial charge in [0.05, 0.1) is 6.54 Å². The monoisotopic (exact) mass is 267 g/mol. The van der Waals surface area contributed by atoms with Crippen LogP contribution in [0, 0.1) is 0 Å². The van der Waals surface area contributed by atoms with E-state index in [-0.39, 0.29) is 6.04 Å². The van der Waals surface area contributed by atoms with Crippen molar-refractivity contribution in [1.29, 1.82) is 0 Å². The minimum Gasteiger partial charge on any atom is -0.480 e. The molecule has 0 saturated carbocycles. The maximum atomic E-state index is 11.3. The maximum Gasteiger partial charge on any atom is 0.323 e. The molecule has 0 bridgehead atoms. The van der Waals surface area contributed by atoms with E-state index in [2.05, 4.69) is 27.3 Å². The van der Waals surface area contributed by atoms with E-state index in [1.807, 2.05) is 4.57 Å². The number of hydrogen-bond acceptors (Lipinski definition) is 5. The van der Waals surface area contributed by atoms with Crippen LogP contribution in [0.4, 0.5) is 0 Å². The minimum atomic E-state index is -0.898. The molecule has 1 aromatic rings. The van der Waals surface area contributed by atoms with Crippen LogP contribution in [0.15, 0.2) is 6.33 Å². The highest BCUT2D eigenvalue weighted by Crippen LogP contribution is 2.20. The summed E-state index contributed by atoms with van der Waals surface area (Å²) in [6, 6.07) is 0.166. The molecule has 0 aromatic carbocycles. The summed E-state index contributed by atoms with van der Waals surface area (Å²) in [5.41, 5.74) is -0.898. The second-order valence-corrected chi connectivity index (χ2v) is 5.35. The summed E-state index contributed by atoms with van der Waals surface area (Å²) in [6.45, 7) is 6.26. The van der Waals surface area contributed by atoms with Crippen LogP contribution in [0.25, 0.3) is 0 Å². The van der Waals surface area contributed by atoms with Gasteiger partial charge < -0.3 is 15.0 Å². The standard InChI is InChI=1S/C12H21N5O2/c1-9(6-12(2,13-3)11(18)19)16-4-5-17-8-14-15-10(17)7-16/h8-9,13H,4-7H2,1-3H3,(H,18,19). The van der Waals surface area contributed by atoms with Gasteiger partial charge in [0.1, 0.15) is 17.7 Å². The molecule has 2 atom stereocenters. The number of carboxylic acid groups (broad SMARTS) is 1. The molecular weight excluding hydrogens is 246 g/mol. The predicted octanol–water partition coefficient (Wildman–Crippen LogP) is -0.0650. The molecule has 0 radical (unpaired) electrons. The SMILES string of the molecule is CNC(C)(CC(C)N1CCn2cnnc2C1)C(=O)O. The van der Waals surface area contributed by atoms with Crippen molar-refractivity contribution in [3.63, 3.8) is 0 Å². The van der Waals surface area contributed by atoms with E-state index in [9.17, 15) is 9.90 Å². The molecule has 0 spiro atoms. The van der Waals surface area contributed by atoms with Crippen molar-refractivity contribution >= 4 is 5.97 Å². The minimum absolute atomic E-state index is 0.166. The number of likely N-dealkylation sites (N-methyl/N-ethyl adjacent to an activating group) is 1. The largest absolute Gasteiger partial charge is 0.480 e. The van der Waals surface area contributed by atoms with E-state index in [0.29, 0.717) is 6.42 Å². The number of nitrogens with zero attached hydrogens (tertiary/aromatic N) is 4. The van der Waals surface area contributed by atoms with Gasteiger partial charge in [-0.15, -0.1) is 10.2 Å². The van der Waals surface area contributed by atoms with Gasteiger partial charge in [-0.3, -0.25) is 9.69 Å². The lowest BCUT2D eigenvalue weighted by Gasteiger charge is -2.36. The lowest BCUT2D eigenvalue weighted by atomic mass is 9.93. The number of aromatic nitrogens is 3. The molecule has 1 aromatic heterocycles. The fraction of sp³-hybridized carbons (Fsp3) is 0.750. The van der Waals surface area contributed by atoms with Gasteiger partial charge in [-0.2, -0.15) is 0 Å². The number of nitrogens with one attached hydrogen (secondary N) is 1. The summed E-state index contributed by atoms with van der Waals surface area (Å²) in [7, 11) is 1.69. The van der Waals surface area contributed by atoms with Crippen LogP contribution < -0.4 is 5.32 Å². The molecular formula is C12H21N5O2. The van der Waals surface area contributed by atoms with Crippen LogP contribution in [0.1, 0.15) is 26.1 Å². The van der Waals surface area contributed by atoms with Crippen LogP contribution >= 0.6 is 0 Å². The Kier molecular flexibility index (Phi) is 3.86. The van der Waals surface area contributed by atoms with Crippen LogP contribution in [0.5, 0.6) is 0 Å². The van der Waals surface area contributed by atoms with Crippen molar-refractivity contribution in [3.8, 4) is 0 Å².